The van der Waals surface area contributed by atoms with Crippen LogP contribution in [0.4, 0.5) is 13.2 Å². The molecule has 0 aliphatic heterocycles. The number of hydrogen-bond donors (Lipinski definition) is 0. The Hall–Kier alpha value is -0.970. The van der Waals surface area contributed by atoms with E-state index in [4.69, 9.17) is 16.3 Å². The third kappa shape index (κ3) is 6.14. The van der Waals surface area contributed by atoms with Gasteiger partial charge >= 0.3 is 6.18 Å². The summed E-state index contributed by atoms with van der Waals surface area (Å²) in [7, 11) is 0. The van der Waals surface area contributed by atoms with Crippen molar-refractivity contribution in [3.8, 4) is 5.88 Å². The van der Waals surface area contributed by atoms with Gasteiger partial charge < -0.3 is 4.74 Å². The fourth-order valence-corrected chi connectivity index (χ4v) is 1.63. The van der Waals surface area contributed by atoms with Crippen LogP contribution in [-0.2, 0) is 5.88 Å². The maximum Gasteiger partial charge on any atom is 0.389 e. The summed E-state index contributed by atoms with van der Waals surface area (Å²) in [4.78, 5) is 4.25. The van der Waals surface area contributed by atoms with Gasteiger partial charge in [0.25, 0.3) is 0 Å². The molecule has 6 heteroatoms. The lowest BCUT2D eigenvalue weighted by Crippen LogP contribution is -2.10. The first-order chi connectivity index (χ1) is 8.81. The first-order valence-corrected chi connectivity index (χ1v) is 6.61. The summed E-state index contributed by atoms with van der Waals surface area (Å²) < 4.78 is 41.2. The molecular weight excluding hydrogens is 279 g/mol. The van der Waals surface area contributed by atoms with E-state index in [1.807, 2.05) is 19.9 Å². The van der Waals surface area contributed by atoms with Crippen molar-refractivity contribution < 1.29 is 17.9 Å². The fraction of sp³-hybridized carbons (Fsp3) is 0.615. The van der Waals surface area contributed by atoms with E-state index in [9.17, 15) is 13.2 Å². The molecule has 0 saturated heterocycles. The summed E-state index contributed by atoms with van der Waals surface area (Å²) in [6.07, 6.45) is -5.07. The topological polar surface area (TPSA) is 22.1 Å². The molecule has 19 heavy (non-hydrogen) atoms. The minimum atomic E-state index is -4.14. The van der Waals surface area contributed by atoms with Crippen LogP contribution < -0.4 is 4.74 Å². The molecule has 1 aromatic rings. The van der Waals surface area contributed by atoms with Gasteiger partial charge in [0.1, 0.15) is 0 Å². The Morgan fingerprint density at radius 1 is 1.32 bits per heavy atom. The third-order valence-corrected chi connectivity index (χ3v) is 2.79. The molecule has 108 valence electrons. The van der Waals surface area contributed by atoms with E-state index in [-0.39, 0.29) is 18.9 Å². The molecule has 0 amide bonds. The van der Waals surface area contributed by atoms with Crippen molar-refractivity contribution in [2.75, 3.05) is 6.61 Å². The monoisotopic (exact) mass is 295 g/mol. The first-order valence-electron chi connectivity index (χ1n) is 6.08. The Morgan fingerprint density at radius 3 is 2.53 bits per heavy atom. The highest BCUT2D eigenvalue weighted by Crippen LogP contribution is 2.23. The molecule has 1 rings (SSSR count). The van der Waals surface area contributed by atoms with Crippen LogP contribution in [0.15, 0.2) is 12.1 Å². The standard InChI is InChI=1S/C13H17ClF3NO/c1-9(2)11-6-10(8-14)7-12(18-11)19-5-3-4-13(15,16)17/h6-7,9H,3-5,8H2,1-2H3. The van der Waals surface area contributed by atoms with E-state index in [0.29, 0.717) is 11.8 Å². The molecule has 1 aromatic heterocycles. The number of ether oxygens (including phenoxy) is 1. The van der Waals surface area contributed by atoms with Crippen molar-refractivity contribution >= 4 is 11.6 Å². The second-order valence-electron chi connectivity index (χ2n) is 4.59. The van der Waals surface area contributed by atoms with Crippen LogP contribution in [0.1, 0.15) is 43.9 Å². The molecule has 0 radical (unpaired) electrons. The van der Waals surface area contributed by atoms with Gasteiger partial charge in [-0.2, -0.15) is 13.2 Å². The minimum Gasteiger partial charge on any atom is -0.478 e. The van der Waals surface area contributed by atoms with Gasteiger partial charge in [0.15, 0.2) is 0 Å². The van der Waals surface area contributed by atoms with Crippen LogP contribution in [0.2, 0.25) is 0 Å². The van der Waals surface area contributed by atoms with Crippen molar-refractivity contribution in [3.05, 3.63) is 23.4 Å². The van der Waals surface area contributed by atoms with Crippen LogP contribution in [0.5, 0.6) is 5.88 Å². The van der Waals surface area contributed by atoms with Gasteiger partial charge in [0, 0.05) is 24.1 Å². The number of pyridine rings is 1. The van der Waals surface area contributed by atoms with Gasteiger partial charge in [-0.25, -0.2) is 4.98 Å². The number of nitrogens with zero attached hydrogens (tertiary/aromatic N) is 1. The highest BCUT2D eigenvalue weighted by Gasteiger charge is 2.26. The molecule has 1 heterocycles. The molecule has 0 fully saturated rings. The summed E-state index contributed by atoms with van der Waals surface area (Å²) in [6, 6.07) is 3.53. The number of rotatable bonds is 6. The van der Waals surface area contributed by atoms with Crippen LogP contribution in [-0.4, -0.2) is 17.8 Å². The van der Waals surface area contributed by atoms with E-state index in [1.165, 1.54) is 0 Å². The maximum absolute atomic E-state index is 12.0. The van der Waals surface area contributed by atoms with Crippen LogP contribution in [0, 0.1) is 0 Å². The van der Waals surface area contributed by atoms with E-state index in [0.717, 1.165) is 11.3 Å². The summed E-state index contributed by atoms with van der Waals surface area (Å²) >= 11 is 5.76. The quantitative estimate of drug-likeness (QED) is 0.562. The fourth-order valence-electron chi connectivity index (χ4n) is 1.48. The minimum absolute atomic E-state index is 0.00418. The van der Waals surface area contributed by atoms with Crippen LogP contribution in [0.3, 0.4) is 0 Å². The lowest BCUT2D eigenvalue weighted by atomic mass is 10.1. The van der Waals surface area contributed by atoms with Crippen LogP contribution in [0.25, 0.3) is 0 Å². The Morgan fingerprint density at radius 2 is 2.00 bits per heavy atom. The zero-order valence-electron chi connectivity index (χ0n) is 10.9. The maximum atomic E-state index is 12.0. The second-order valence-corrected chi connectivity index (χ2v) is 4.86. The molecule has 0 unspecified atom stereocenters. The lowest BCUT2D eigenvalue weighted by Gasteiger charge is -2.11. The van der Waals surface area contributed by atoms with Gasteiger partial charge in [0.05, 0.1) is 6.61 Å². The Bertz CT molecular complexity index is 407. The number of halogens is 4. The molecule has 0 bridgehead atoms. The third-order valence-electron chi connectivity index (χ3n) is 2.48. The molecule has 0 aliphatic rings. The predicted octanol–water partition coefficient (Wildman–Crippen LogP) is 4.67. The lowest BCUT2D eigenvalue weighted by molar-refractivity contribution is -0.136. The van der Waals surface area contributed by atoms with Gasteiger partial charge in [0.2, 0.25) is 5.88 Å². The zero-order valence-corrected chi connectivity index (χ0v) is 11.7. The first kappa shape index (κ1) is 16.1. The van der Waals surface area contributed by atoms with Crippen molar-refractivity contribution in [3.63, 3.8) is 0 Å². The molecular formula is C13H17ClF3NO. The molecule has 0 saturated carbocycles. The van der Waals surface area contributed by atoms with E-state index < -0.39 is 12.6 Å². The SMILES string of the molecule is CC(C)c1cc(CCl)cc(OCCCC(F)(F)F)n1. The van der Waals surface area contributed by atoms with Gasteiger partial charge in [-0.1, -0.05) is 13.8 Å². The number of hydrogen-bond acceptors (Lipinski definition) is 2. The van der Waals surface area contributed by atoms with Crippen molar-refractivity contribution in [1.29, 1.82) is 0 Å². The van der Waals surface area contributed by atoms with Gasteiger partial charge in [-0.15, -0.1) is 11.6 Å². The van der Waals surface area contributed by atoms with Crippen LogP contribution >= 0.6 is 11.6 Å². The average Bonchev–Trinajstić information content (AvgIpc) is 2.33. The van der Waals surface area contributed by atoms with Gasteiger partial charge in [-0.05, 0) is 24.0 Å². The Labute approximate surface area is 115 Å². The Balaban J connectivity index is 2.60. The van der Waals surface area contributed by atoms with Crippen molar-refractivity contribution in [1.82, 2.24) is 4.98 Å². The normalized spacial score (nSPS) is 11.9. The summed E-state index contributed by atoms with van der Waals surface area (Å²) in [5, 5.41) is 0. The summed E-state index contributed by atoms with van der Waals surface area (Å²) in [5.74, 6) is 0.867. The molecule has 0 aliphatic carbocycles. The van der Waals surface area contributed by atoms with Crippen molar-refractivity contribution in [2.45, 2.75) is 44.7 Å². The molecule has 2 nitrogen and oxygen atoms in total. The van der Waals surface area contributed by atoms with Gasteiger partial charge in [-0.3, -0.25) is 0 Å². The Kier molecular flexibility index (Phi) is 5.91. The highest BCUT2D eigenvalue weighted by atomic mass is 35.5. The smallest absolute Gasteiger partial charge is 0.389 e. The second kappa shape index (κ2) is 6.98. The summed E-state index contributed by atoms with van der Waals surface area (Å²) in [5.41, 5.74) is 1.68. The number of alkyl halides is 4. The highest BCUT2D eigenvalue weighted by molar-refractivity contribution is 6.17. The molecule has 0 aromatic carbocycles. The largest absolute Gasteiger partial charge is 0.478 e. The molecule has 0 atom stereocenters. The predicted molar refractivity (Wildman–Crippen MR) is 68.7 cm³/mol. The summed E-state index contributed by atoms with van der Waals surface area (Å²) in [6.45, 7) is 3.96. The van der Waals surface area contributed by atoms with E-state index >= 15 is 0 Å². The average molecular weight is 296 g/mol. The van der Waals surface area contributed by atoms with E-state index in [1.54, 1.807) is 6.07 Å². The number of aromatic nitrogens is 1. The van der Waals surface area contributed by atoms with E-state index in [2.05, 4.69) is 4.98 Å². The molecule has 0 spiro atoms. The zero-order chi connectivity index (χ0) is 14.5. The van der Waals surface area contributed by atoms with Crippen molar-refractivity contribution in [2.24, 2.45) is 0 Å². The molecule has 0 N–H and O–H groups in total.